The molecule has 0 atom stereocenters. The molecule has 0 bridgehead atoms. The zero-order chi connectivity index (χ0) is 18.6. The summed E-state index contributed by atoms with van der Waals surface area (Å²) in [5, 5.41) is 2.81. The van der Waals surface area contributed by atoms with Gasteiger partial charge in [-0.05, 0) is 32.4 Å². The number of carbonyl (C=O) groups is 2. The molecule has 2 aromatic rings. The number of aryl methyl sites for hydroxylation is 1. The summed E-state index contributed by atoms with van der Waals surface area (Å²) >= 11 is 0. The van der Waals surface area contributed by atoms with E-state index in [1.165, 1.54) is 0 Å². The van der Waals surface area contributed by atoms with Crippen LogP contribution in [0.2, 0.25) is 0 Å². The largest absolute Gasteiger partial charge is 0.486 e. The lowest BCUT2D eigenvalue weighted by atomic mass is 9.93. The molecule has 0 aliphatic carbocycles. The van der Waals surface area contributed by atoms with Gasteiger partial charge in [-0.2, -0.15) is 0 Å². The van der Waals surface area contributed by atoms with Crippen molar-refractivity contribution in [1.82, 2.24) is 14.9 Å². The number of imidazole rings is 1. The van der Waals surface area contributed by atoms with Gasteiger partial charge in [0.25, 0.3) is 5.91 Å². The molecule has 138 valence electrons. The molecular formula is C19H23N3O4. The van der Waals surface area contributed by atoms with E-state index in [9.17, 15) is 9.59 Å². The van der Waals surface area contributed by atoms with Crippen molar-refractivity contribution in [3.05, 3.63) is 42.5 Å². The Morgan fingerprint density at radius 2 is 2.27 bits per heavy atom. The van der Waals surface area contributed by atoms with Crippen LogP contribution in [-0.4, -0.2) is 40.0 Å². The minimum Gasteiger partial charge on any atom is -0.486 e. The van der Waals surface area contributed by atoms with Gasteiger partial charge in [0.1, 0.15) is 17.1 Å². The van der Waals surface area contributed by atoms with Crippen molar-refractivity contribution in [2.45, 2.75) is 38.8 Å². The Morgan fingerprint density at radius 1 is 1.42 bits per heavy atom. The molecular weight excluding hydrogens is 334 g/mol. The Labute approximate surface area is 152 Å². The number of fused-ring (bicyclic) bond motifs is 1. The molecule has 1 amide bonds. The summed E-state index contributed by atoms with van der Waals surface area (Å²) in [6.07, 6.45) is 6.52. The predicted molar refractivity (Wildman–Crippen MR) is 95.4 cm³/mol. The summed E-state index contributed by atoms with van der Waals surface area (Å²) in [5.41, 5.74) is 0.0237. The number of benzene rings is 1. The summed E-state index contributed by atoms with van der Waals surface area (Å²) < 4.78 is 13.3. The van der Waals surface area contributed by atoms with Crippen LogP contribution in [0.4, 0.5) is 0 Å². The predicted octanol–water partition coefficient (Wildman–Crippen LogP) is 2.21. The molecule has 0 spiro atoms. The average Bonchev–Trinajstić information content (AvgIpc) is 3.09. The highest BCUT2D eigenvalue weighted by Crippen LogP contribution is 2.35. The van der Waals surface area contributed by atoms with Crippen LogP contribution in [0.15, 0.2) is 36.9 Å². The Balaban J connectivity index is 1.46. The van der Waals surface area contributed by atoms with Crippen LogP contribution in [0, 0.1) is 0 Å². The molecule has 1 N–H and O–H groups in total. The molecule has 7 heteroatoms. The molecule has 7 nitrogen and oxygen atoms in total. The van der Waals surface area contributed by atoms with E-state index >= 15 is 0 Å². The van der Waals surface area contributed by atoms with Crippen molar-refractivity contribution >= 4 is 11.7 Å². The minimum atomic E-state index is -0.532. The van der Waals surface area contributed by atoms with Gasteiger partial charge < -0.3 is 19.4 Å². The third kappa shape index (κ3) is 4.62. The van der Waals surface area contributed by atoms with E-state index in [2.05, 4.69) is 10.3 Å². The molecule has 0 saturated carbocycles. The zero-order valence-corrected chi connectivity index (χ0v) is 15.0. The first-order valence-electron chi connectivity index (χ1n) is 8.64. The van der Waals surface area contributed by atoms with Crippen LogP contribution in [0.5, 0.6) is 11.5 Å². The van der Waals surface area contributed by atoms with Crippen molar-refractivity contribution in [1.29, 1.82) is 0 Å². The van der Waals surface area contributed by atoms with Crippen molar-refractivity contribution in [2.24, 2.45) is 0 Å². The highest BCUT2D eigenvalue weighted by molar-refractivity contribution is 6.00. The molecule has 1 aliphatic rings. The number of ketones is 1. The SMILES string of the molecule is CC1(C)CC(=O)c2ccc(OCC(=O)NCCCn3ccnc3)cc2O1. The van der Waals surface area contributed by atoms with Crippen LogP contribution in [-0.2, 0) is 11.3 Å². The van der Waals surface area contributed by atoms with E-state index < -0.39 is 5.60 Å². The fourth-order valence-corrected chi connectivity index (χ4v) is 2.83. The standard InChI is InChI=1S/C19H23N3O4/c1-19(2)11-16(23)15-5-4-14(10-17(15)26-19)25-12-18(24)21-6-3-8-22-9-7-20-13-22/h4-5,7,9-10,13H,3,6,8,11-12H2,1-2H3,(H,21,24). The number of hydrogen-bond donors (Lipinski definition) is 1. The number of nitrogens with one attached hydrogen (secondary N) is 1. The van der Waals surface area contributed by atoms with Crippen LogP contribution < -0.4 is 14.8 Å². The Hall–Kier alpha value is -2.83. The van der Waals surface area contributed by atoms with Gasteiger partial charge in [-0.25, -0.2) is 4.98 Å². The maximum Gasteiger partial charge on any atom is 0.257 e. The fourth-order valence-electron chi connectivity index (χ4n) is 2.83. The topological polar surface area (TPSA) is 82.5 Å². The van der Waals surface area contributed by atoms with E-state index in [0.29, 0.717) is 30.0 Å². The molecule has 0 fully saturated rings. The third-order valence-corrected chi connectivity index (χ3v) is 4.07. The van der Waals surface area contributed by atoms with Crippen LogP contribution in [0.25, 0.3) is 0 Å². The van der Waals surface area contributed by atoms with Gasteiger partial charge in [-0.15, -0.1) is 0 Å². The van der Waals surface area contributed by atoms with E-state index in [1.54, 1.807) is 30.7 Å². The van der Waals surface area contributed by atoms with Gasteiger partial charge >= 0.3 is 0 Å². The molecule has 0 radical (unpaired) electrons. The molecule has 0 saturated heterocycles. The average molecular weight is 357 g/mol. The van der Waals surface area contributed by atoms with Gasteiger partial charge in [0.15, 0.2) is 12.4 Å². The Bertz CT molecular complexity index is 784. The highest BCUT2D eigenvalue weighted by Gasteiger charge is 2.32. The summed E-state index contributed by atoms with van der Waals surface area (Å²) in [4.78, 5) is 28.0. The Kier molecular flexibility index (Phi) is 5.25. The second-order valence-electron chi connectivity index (χ2n) is 6.91. The lowest BCUT2D eigenvalue weighted by Crippen LogP contribution is -2.35. The van der Waals surface area contributed by atoms with Gasteiger partial charge in [-0.3, -0.25) is 9.59 Å². The normalized spacial score (nSPS) is 15.1. The lowest BCUT2D eigenvalue weighted by molar-refractivity contribution is -0.123. The number of nitrogens with zero attached hydrogens (tertiary/aromatic N) is 2. The van der Waals surface area contributed by atoms with Crippen molar-refractivity contribution < 1.29 is 19.1 Å². The third-order valence-electron chi connectivity index (χ3n) is 4.07. The maximum atomic E-state index is 12.1. The summed E-state index contributed by atoms with van der Waals surface area (Å²) in [6, 6.07) is 5.04. The van der Waals surface area contributed by atoms with E-state index in [-0.39, 0.29) is 18.3 Å². The number of aromatic nitrogens is 2. The molecule has 1 aromatic carbocycles. The van der Waals surface area contributed by atoms with Gasteiger partial charge in [-0.1, -0.05) is 0 Å². The fraction of sp³-hybridized carbons (Fsp3) is 0.421. The van der Waals surface area contributed by atoms with Crippen molar-refractivity contribution in [2.75, 3.05) is 13.2 Å². The summed E-state index contributed by atoms with van der Waals surface area (Å²) in [7, 11) is 0. The molecule has 26 heavy (non-hydrogen) atoms. The first kappa shape index (κ1) is 18.0. The van der Waals surface area contributed by atoms with Crippen LogP contribution in [0.3, 0.4) is 0 Å². The second kappa shape index (κ2) is 7.59. The minimum absolute atomic E-state index is 0.0541. The van der Waals surface area contributed by atoms with E-state index in [4.69, 9.17) is 9.47 Å². The number of carbonyl (C=O) groups excluding carboxylic acids is 2. The Morgan fingerprint density at radius 3 is 3.04 bits per heavy atom. The second-order valence-corrected chi connectivity index (χ2v) is 6.91. The smallest absolute Gasteiger partial charge is 0.257 e. The number of Topliss-reactive ketones (excluding diaryl/α,β-unsaturated/α-hetero) is 1. The number of ether oxygens (including phenoxy) is 2. The van der Waals surface area contributed by atoms with Crippen molar-refractivity contribution in [3.63, 3.8) is 0 Å². The van der Waals surface area contributed by atoms with Gasteiger partial charge in [0, 0.05) is 31.5 Å². The summed E-state index contributed by atoms with van der Waals surface area (Å²) in [5.74, 6) is 0.872. The molecule has 1 aliphatic heterocycles. The monoisotopic (exact) mass is 357 g/mol. The zero-order valence-electron chi connectivity index (χ0n) is 15.0. The lowest BCUT2D eigenvalue weighted by Gasteiger charge is -2.31. The number of hydrogen-bond acceptors (Lipinski definition) is 5. The summed E-state index contributed by atoms with van der Waals surface area (Å²) in [6.45, 7) is 5.03. The maximum absolute atomic E-state index is 12.1. The van der Waals surface area contributed by atoms with Crippen LogP contribution >= 0.6 is 0 Å². The number of amides is 1. The highest BCUT2D eigenvalue weighted by atomic mass is 16.5. The van der Waals surface area contributed by atoms with Crippen LogP contribution in [0.1, 0.15) is 37.0 Å². The quantitative estimate of drug-likeness (QED) is 0.768. The van der Waals surface area contributed by atoms with Gasteiger partial charge in [0.05, 0.1) is 18.3 Å². The molecule has 3 rings (SSSR count). The van der Waals surface area contributed by atoms with E-state index in [1.807, 2.05) is 24.6 Å². The molecule has 0 unspecified atom stereocenters. The first-order chi connectivity index (χ1) is 12.4. The number of rotatable bonds is 7. The molecule has 1 aromatic heterocycles. The van der Waals surface area contributed by atoms with E-state index in [0.717, 1.165) is 13.0 Å². The molecule has 2 heterocycles. The first-order valence-corrected chi connectivity index (χ1v) is 8.64. The van der Waals surface area contributed by atoms with Gasteiger partial charge in [0.2, 0.25) is 0 Å². The van der Waals surface area contributed by atoms with Crippen molar-refractivity contribution in [3.8, 4) is 11.5 Å².